The zero-order valence-electron chi connectivity index (χ0n) is 16.9. The number of rotatable bonds is 3. The summed E-state index contributed by atoms with van der Waals surface area (Å²) in [6, 6.07) is 12.9. The van der Waals surface area contributed by atoms with E-state index in [-0.39, 0.29) is 11.5 Å². The number of hydrogen-bond donors (Lipinski definition) is 2. The van der Waals surface area contributed by atoms with Crippen molar-refractivity contribution < 1.29 is 0 Å². The van der Waals surface area contributed by atoms with Crippen LogP contribution in [-0.4, -0.2) is 19.5 Å². The van der Waals surface area contributed by atoms with Gasteiger partial charge in [-0.15, -0.1) is 0 Å². The lowest BCUT2D eigenvalue weighted by Crippen LogP contribution is -2.10. The van der Waals surface area contributed by atoms with E-state index in [0.29, 0.717) is 0 Å². The summed E-state index contributed by atoms with van der Waals surface area (Å²) in [7, 11) is 0. The number of hydrogen-bond acceptors (Lipinski definition) is 4. The van der Waals surface area contributed by atoms with Crippen LogP contribution in [-0.2, 0) is 5.41 Å². The van der Waals surface area contributed by atoms with Gasteiger partial charge in [0.25, 0.3) is 0 Å². The van der Waals surface area contributed by atoms with Crippen LogP contribution in [0, 0.1) is 4.77 Å². The van der Waals surface area contributed by atoms with E-state index in [1.54, 1.807) is 6.33 Å². The molecule has 2 N–H and O–H groups in total. The molecule has 0 saturated heterocycles. The number of H-pyrrole nitrogens is 1. The highest BCUT2D eigenvalue weighted by Gasteiger charge is 2.14. The highest BCUT2D eigenvalue weighted by Crippen LogP contribution is 2.30. The van der Waals surface area contributed by atoms with Crippen molar-refractivity contribution in [1.82, 2.24) is 19.5 Å². The smallest absolute Gasteiger partial charge is 0.178 e. The Hall–Kier alpha value is -2.73. The van der Waals surface area contributed by atoms with Crippen LogP contribution >= 0.6 is 12.2 Å². The first kappa shape index (κ1) is 18.6. The molecule has 2 heterocycles. The minimum atomic E-state index is 0.132. The van der Waals surface area contributed by atoms with Gasteiger partial charge in [-0.1, -0.05) is 32.9 Å². The van der Waals surface area contributed by atoms with Gasteiger partial charge in [0, 0.05) is 17.1 Å². The Kier molecular flexibility index (Phi) is 4.46. The number of nitrogens with one attached hydrogen (secondary N) is 2. The first-order valence-corrected chi connectivity index (χ1v) is 9.91. The molecule has 0 bridgehead atoms. The number of aromatic amines is 1. The first-order valence-electron chi connectivity index (χ1n) is 9.50. The highest BCUT2D eigenvalue weighted by atomic mass is 32.1. The molecule has 0 amide bonds. The van der Waals surface area contributed by atoms with Crippen LogP contribution in [0.25, 0.3) is 21.9 Å². The number of benzene rings is 2. The molecule has 2 aromatic carbocycles. The quantitative estimate of drug-likeness (QED) is 0.404. The molecular weight excluding hydrogens is 366 g/mol. The van der Waals surface area contributed by atoms with E-state index in [9.17, 15) is 0 Å². The Balaban J connectivity index is 1.79. The molecule has 0 saturated carbocycles. The summed E-state index contributed by atoms with van der Waals surface area (Å²) in [6.07, 6.45) is 1.60. The third-order valence-electron chi connectivity index (χ3n) is 5.00. The first-order chi connectivity index (χ1) is 13.2. The maximum Gasteiger partial charge on any atom is 0.178 e. The van der Waals surface area contributed by atoms with Gasteiger partial charge in [0.15, 0.2) is 4.77 Å². The summed E-state index contributed by atoms with van der Waals surface area (Å²) in [5, 5.41) is 4.40. The van der Waals surface area contributed by atoms with Gasteiger partial charge in [-0.2, -0.15) is 0 Å². The summed E-state index contributed by atoms with van der Waals surface area (Å²) in [4.78, 5) is 12.3. The predicted molar refractivity (Wildman–Crippen MR) is 119 cm³/mol. The Labute approximate surface area is 169 Å². The van der Waals surface area contributed by atoms with Crippen LogP contribution in [0.1, 0.15) is 46.2 Å². The summed E-state index contributed by atoms with van der Waals surface area (Å²) in [5.74, 6) is 0.784. The van der Waals surface area contributed by atoms with Crippen molar-refractivity contribution in [2.45, 2.75) is 46.1 Å². The van der Waals surface area contributed by atoms with Gasteiger partial charge in [0.1, 0.15) is 12.1 Å². The fourth-order valence-corrected chi connectivity index (χ4v) is 3.90. The highest BCUT2D eigenvalue weighted by molar-refractivity contribution is 7.71. The van der Waals surface area contributed by atoms with E-state index in [1.807, 2.05) is 0 Å². The molecule has 28 heavy (non-hydrogen) atoms. The summed E-state index contributed by atoms with van der Waals surface area (Å²) in [6.45, 7) is 10.9. The second kappa shape index (κ2) is 6.71. The molecule has 4 aromatic rings. The molecular formula is C22H25N5S. The molecule has 6 heteroatoms. The van der Waals surface area contributed by atoms with Crippen molar-refractivity contribution in [2.24, 2.45) is 0 Å². The molecule has 4 rings (SSSR count). The van der Waals surface area contributed by atoms with Crippen molar-refractivity contribution in [2.75, 3.05) is 5.32 Å². The lowest BCUT2D eigenvalue weighted by Gasteiger charge is -2.19. The van der Waals surface area contributed by atoms with Gasteiger partial charge in [-0.05, 0) is 61.3 Å². The molecule has 5 nitrogen and oxygen atoms in total. The average Bonchev–Trinajstić information content (AvgIpc) is 2.95. The second-order valence-corrected chi connectivity index (χ2v) is 8.84. The molecule has 0 aliphatic heterocycles. The molecule has 0 aliphatic rings. The SMILES string of the molecule is CC(C)n1c(=S)[nH]c2cc3c(Nc4ccc(C(C)(C)C)cc4)ncnc3cc21. The van der Waals surface area contributed by atoms with Gasteiger partial charge in [-0.25, -0.2) is 9.97 Å². The number of imidazole rings is 1. The average molecular weight is 392 g/mol. The Morgan fingerprint density at radius 1 is 1.07 bits per heavy atom. The van der Waals surface area contributed by atoms with E-state index in [2.05, 4.69) is 95.9 Å². The summed E-state index contributed by atoms with van der Waals surface area (Å²) < 4.78 is 2.84. The monoisotopic (exact) mass is 391 g/mol. The van der Waals surface area contributed by atoms with Crippen LogP contribution in [0.15, 0.2) is 42.7 Å². The molecule has 0 radical (unpaired) electrons. The van der Waals surface area contributed by atoms with Gasteiger partial charge in [-0.3, -0.25) is 0 Å². The van der Waals surface area contributed by atoms with Gasteiger partial charge >= 0.3 is 0 Å². The number of fused-ring (bicyclic) bond motifs is 2. The molecule has 0 fully saturated rings. The topological polar surface area (TPSA) is 58.5 Å². The van der Waals surface area contributed by atoms with E-state index in [4.69, 9.17) is 12.2 Å². The molecule has 0 atom stereocenters. The Bertz CT molecular complexity index is 1210. The second-order valence-electron chi connectivity index (χ2n) is 8.46. The fourth-order valence-electron chi connectivity index (χ4n) is 3.48. The molecule has 0 spiro atoms. The lowest BCUT2D eigenvalue weighted by molar-refractivity contribution is 0.590. The largest absolute Gasteiger partial charge is 0.340 e. The van der Waals surface area contributed by atoms with Crippen LogP contribution in [0.3, 0.4) is 0 Å². The maximum absolute atomic E-state index is 5.50. The number of nitrogens with zero attached hydrogens (tertiary/aromatic N) is 3. The zero-order valence-corrected chi connectivity index (χ0v) is 17.7. The molecule has 2 aromatic heterocycles. The van der Waals surface area contributed by atoms with Crippen LogP contribution < -0.4 is 5.32 Å². The van der Waals surface area contributed by atoms with Crippen molar-refractivity contribution in [3.63, 3.8) is 0 Å². The van der Waals surface area contributed by atoms with Crippen LogP contribution in [0.2, 0.25) is 0 Å². The standard InChI is InChI=1S/C22H25N5S/c1-13(2)27-19-11-17-16(10-18(19)26-21(27)28)20(24-12-23-17)25-15-8-6-14(7-9-15)22(3,4)5/h6-13H,1-5H3,(H,26,28)(H,23,24,25). The normalized spacial score (nSPS) is 12.2. The van der Waals surface area contributed by atoms with Crippen molar-refractivity contribution in [3.8, 4) is 0 Å². The summed E-state index contributed by atoms with van der Waals surface area (Å²) >= 11 is 5.50. The third kappa shape index (κ3) is 3.29. The Morgan fingerprint density at radius 2 is 1.79 bits per heavy atom. The number of anilines is 2. The maximum atomic E-state index is 5.50. The third-order valence-corrected chi connectivity index (χ3v) is 5.30. The van der Waals surface area contributed by atoms with Gasteiger partial charge in [0.2, 0.25) is 0 Å². The van der Waals surface area contributed by atoms with E-state index >= 15 is 0 Å². The Morgan fingerprint density at radius 3 is 2.43 bits per heavy atom. The zero-order chi connectivity index (χ0) is 20.1. The molecule has 0 aliphatic carbocycles. The van der Waals surface area contributed by atoms with Gasteiger partial charge in [0.05, 0.1) is 16.6 Å². The van der Waals surface area contributed by atoms with Crippen LogP contribution in [0.4, 0.5) is 11.5 Å². The number of aromatic nitrogens is 4. The molecule has 0 unspecified atom stereocenters. The van der Waals surface area contributed by atoms with Crippen molar-refractivity contribution in [1.29, 1.82) is 0 Å². The van der Waals surface area contributed by atoms with Gasteiger partial charge < -0.3 is 14.9 Å². The van der Waals surface area contributed by atoms with Crippen molar-refractivity contribution >= 4 is 45.7 Å². The molecule has 144 valence electrons. The predicted octanol–water partition coefficient (Wildman–Crippen LogP) is 6.26. The van der Waals surface area contributed by atoms with Crippen molar-refractivity contribution in [3.05, 3.63) is 53.1 Å². The fraction of sp³-hybridized carbons (Fsp3) is 0.318. The minimum absolute atomic E-state index is 0.132. The van der Waals surface area contributed by atoms with E-state index in [0.717, 1.165) is 38.2 Å². The van der Waals surface area contributed by atoms with E-state index < -0.39 is 0 Å². The minimum Gasteiger partial charge on any atom is -0.340 e. The summed E-state index contributed by atoms with van der Waals surface area (Å²) in [5.41, 5.74) is 5.38. The van der Waals surface area contributed by atoms with Crippen LogP contribution in [0.5, 0.6) is 0 Å². The van der Waals surface area contributed by atoms with E-state index in [1.165, 1.54) is 5.56 Å². The lowest BCUT2D eigenvalue weighted by atomic mass is 9.87.